The van der Waals surface area contributed by atoms with Gasteiger partial charge in [-0.1, -0.05) is 12.1 Å². The van der Waals surface area contributed by atoms with Crippen molar-refractivity contribution in [1.82, 2.24) is 9.97 Å². The fraction of sp³-hybridized carbons (Fsp3) is 0.0833. The Morgan fingerprint density at radius 1 is 1.41 bits per heavy atom. The van der Waals surface area contributed by atoms with Crippen LogP contribution in [0.5, 0.6) is 0 Å². The number of nitrogens with one attached hydrogen (secondary N) is 2. The molecule has 0 radical (unpaired) electrons. The predicted octanol–water partition coefficient (Wildman–Crippen LogP) is 1.25. The second kappa shape index (κ2) is 4.94. The summed E-state index contributed by atoms with van der Waals surface area (Å²) in [5.41, 5.74) is 1.38. The zero-order valence-corrected chi connectivity index (χ0v) is 8.97. The van der Waals surface area contributed by atoms with E-state index >= 15 is 0 Å². The van der Waals surface area contributed by atoms with Gasteiger partial charge in [0.1, 0.15) is 5.82 Å². The van der Waals surface area contributed by atoms with Crippen LogP contribution in [0.25, 0.3) is 0 Å². The van der Waals surface area contributed by atoms with Crippen molar-refractivity contribution < 1.29 is 0 Å². The van der Waals surface area contributed by atoms with Gasteiger partial charge in [0.25, 0.3) is 5.56 Å². The molecule has 17 heavy (non-hydrogen) atoms. The number of benzene rings is 1. The largest absolute Gasteiger partial charge is 0.366 e. The molecule has 1 aromatic heterocycles. The molecular formula is C12H10N4O. The normalized spacial score (nSPS) is 9.59. The lowest BCUT2D eigenvalue weighted by molar-refractivity contribution is 1.06. The highest BCUT2D eigenvalue weighted by Gasteiger charge is 1.97. The number of hydrogen-bond donors (Lipinski definition) is 2. The van der Waals surface area contributed by atoms with Crippen molar-refractivity contribution in [2.75, 3.05) is 5.32 Å². The molecule has 84 valence electrons. The summed E-state index contributed by atoms with van der Waals surface area (Å²) < 4.78 is 0. The molecule has 0 aliphatic heterocycles. The van der Waals surface area contributed by atoms with Crippen molar-refractivity contribution in [3.8, 4) is 6.07 Å². The Labute approximate surface area is 97.8 Å². The molecule has 2 aromatic rings. The van der Waals surface area contributed by atoms with Crippen LogP contribution in [-0.2, 0) is 6.54 Å². The summed E-state index contributed by atoms with van der Waals surface area (Å²) in [4.78, 5) is 17.4. The maximum absolute atomic E-state index is 11.0. The molecule has 5 nitrogen and oxygen atoms in total. The summed E-state index contributed by atoms with van der Waals surface area (Å²) in [6.45, 7) is 0.520. The summed E-state index contributed by atoms with van der Waals surface area (Å²) in [5.74, 6) is 0.510. The van der Waals surface area contributed by atoms with Gasteiger partial charge in [-0.15, -0.1) is 0 Å². The molecule has 0 aliphatic rings. The predicted molar refractivity (Wildman–Crippen MR) is 63.3 cm³/mol. The lowest BCUT2D eigenvalue weighted by atomic mass is 10.1. The third kappa shape index (κ3) is 2.92. The third-order valence-electron chi connectivity index (χ3n) is 2.21. The maximum Gasteiger partial charge on any atom is 0.252 e. The number of hydrogen-bond acceptors (Lipinski definition) is 4. The monoisotopic (exact) mass is 226 g/mol. The van der Waals surface area contributed by atoms with Gasteiger partial charge >= 0.3 is 0 Å². The standard InChI is InChI=1S/C12H10N4O/c13-6-9-2-1-3-10(4-9)7-14-11-5-12(17)16-8-15-11/h1-5,8H,7H2,(H2,14,15,16,17). The summed E-state index contributed by atoms with van der Waals surface area (Å²) >= 11 is 0. The van der Waals surface area contributed by atoms with Crippen LogP contribution >= 0.6 is 0 Å². The SMILES string of the molecule is N#Cc1cccc(CNc2cc(=O)[nH]cn2)c1. The number of anilines is 1. The van der Waals surface area contributed by atoms with Gasteiger partial charge in [0.15, 0.2) is 0 Å². The first-order valence-electron chi connectivity index (χ1n) is 5.05. The molecule has 0 atom stereocenters. The Hall–Kier alpha value is -2.61. The number of rotatable bonds is 3. The van der Waals surface area contributed by atoms with Crippen LogP contribution in [0, 0.1) is 11.3 Å². The van der Waals surface area contributed by atoms with Crippen LogP contribution in [-0.4, -0.2) is 9.97 Å². The Bertz CT molecular complexity index is 612. The molecule has 5 heteroatoms. The van der Waals surface area contributed by atoms with Crippen LogP contribution in [0.4, 0.5) is 5.82 Å². The van der Waals surface area contributed by atoms with Gasteiger partial charge in [0.2, 0.25) is 0 Å². The van der Waals surface area contributed by atoms with Crippen molar-refractivity contribution in [1.29, 1.82) is 5.26 Å². The smallest absolute Gasteiger partial charge is 0.252 e. The lowest BCUT2D eigenvalue weighted by Gasteiger charge is -2.04. The molecule has 0 spiro atoms. The molecule has 0 amide bonds. The maximum atomic E-state index is 11.0. The molecule has 1 heterocycles. The number of nitrogens with zero attached hydrogens (tertiary/aromatic N) is 2. The third-order valence-corrected chi connectivity index (χ3v) is 2.21. The van der Waals surface area contributed by atoms with Crippen molar-refractivity contribution in [3.63, 3.8) is 0 Å². The number of H-pyrrole nitrogens is 1. The highest BCUT2D eigenvalue weighted by Crippen LogP contribution is 2.06. The fourth-order valence-corrected chi connectivity index (χ4v) is 1.41. The number of aromatic amines is 1. The summed E-state index contributed by atoms with van der Waals surface area (Å²) in [6.07, 6.45) is 1.34. The molecule has 2 N–H and O–H groups in total. The molecular weight excluding hydrogens is 216 g/mol. The second-order valence-electron chi connectivity index (χ2n) is 3.46. The van der Waals surface area contributed by atoms with E-state index in [1.165, 1.54) is 12.4 Å². The topological polar surface area (TPSA) is 81.6 Å². The summed E-state index contributed by atoms with van der Waals surface area (Å²) in [7, 11) is 0. The van der Waals surface area contributed by atoms with Crippen LogP contribution in [0.3, 0.4) is 0 Å². The van der Waals surface area contributed by atoms with Crippen molar-refractivity contribution in [2.24, 2.45) is 0 Å². The zero-order valence-electron chi connectivity index (χ0n) is 8.97. The van der Waals surface area contributed by atoms with Gasteiger partial charge in [-0.2, -0.15) is 5.26 Å². The summed E-state index contributed by atoms with van der Waals surface area (Å²) in [5, 5.41) is 11.8. The minimum absolute atomic E-state index is 0.201. The molecule has 0 saturated carbocycles. The fourth-order valence-electron chi connectivity index (χ4n) is 1.41. The van der Waals surface area contributed by atoms with Gasteiger partial charge in [-0.3, -0.25) is 4.79 Å². The van der Waals surface area contributed by atoms with Gasteiger partial charge in [-0.05, 0) is 17.7 Å². The quantitative estimate of drug-likeness (QED) is 0.825. The minimum Gasteiger partial charge on any atom is -0.366 e. The van der Waals surface area contributed by atoms with Crippen molar-refractivity contribution in [3.05, 3.63) is 58.1 Å². The average molecular weight is 226 g/mol. The van der Waals surface area contributed by atoms with Gasteiger partial charge < -0.3 is 10.3 Å². The molecule has 0 fully saturated rings. The highest BCUT2D eigenvalue weighted by atomic mass is 16.1. The van der Waals surface area contributed by atoms with E-state index in [0.717, 1.165) is 5.56 Å². The first-order valence-corrected chi connectivity index (χ1v) is 5.05. The van der Waals surface area contributed by atoms with Gasteiger partial charge in [0, 0.05) is 12.6 Å². The Balaban J connectivity index is 2.07. The van der Waals surface area contributed by atoms with Crippen molar-refractivity contribution in [2.45, 2.75) is 6.54 Å². The van der Waals surface area contributed by atoms with E-state index in [2.05, 4.69) is 21.4 Å². The molecule has 0 saturated heterocycles. The Kier molecular flexibility index (Phi) is 3.17. The van der Waals surface area contributed by atoms with Crippen LogP contribution in [0.15, 0.2) is 41.5 Å². The summed E-state index contributed by atoms with van der Waals surface area (Å²) in [6, 6.07) is 10.7. The number of nitriles is 1. The van der Waals surface area contributed by atoms with E-state index in [4.69, 9.17) is 5.26 Å². The molecule has 0 aliphatic carbocycles. The number of aromatic nitrogens is 2. The van der Waals surface area contributed by atoms with Gasteiger partial charge in [0.05, 0.1) is 18.0 Å². The highest BCUT2D eigenvalue weighted by molar-refractivity contribution is 5.37. The molecule has 1 aromatic carbocycles. The molecule has 0 unspecified atom stereocenters. The van der Waals surface area contributed by atoms with Crippen LogP contribution < -0.4 is 10.9 Å². The minimum atomic E-state index is -0.201. The Morgan fingerprint density at radius 3 is 3.06 bits per heavy atom. The first-order chi connectivity index (χ1) is 8.28. The van der Waals surface area contributed by atoms with Gasteiger partial charge in [-0.25, -0.2) is 4.98 Å². The van der Waals surface area contributed by atoms with E-state index in [1.807, 2.05) is 12.1 Å². The lowest BCUT2D eigenvalue weighted by Crippen LogP contribution is -2.08. The molecule has 0 bridgehead atoms. The first kappa shape index (κ1) is 10.9. The average Bonchev–Trinajstić information content (AvgIpc) is 2.37. The van der Waals surface area contributed by atoms with E-state index in [0.29, 0.717) is 17.9 Å². The Morgan fingerprint density at radius 2 is 2.29 bits per heavy atom. The van der Waals surface area contributed by atoms with E-state index in [9.17, 15) is 4.79 Å². The zero-order chi connectivity index (χ0) is 12.1. The van der Waals surface area contributed by atoms with E-state index in [-0.39, 0.29) is 5.56 Å². The molecule has 2 rings (SSSR count). The van der Waals surface area contributed by atoms with E-state index in [1.54, 1.807) is 12.1 Å². The second-order valence-corrected chi connectivity index (χ2v) is 3.46. The van der Waals surface area contributed by atoms with Crippen LogP contribution in [0.1, 0.15) is 11.1 Å². The van der Waals surface area contributed by atoms with Crippen molar-refractivity contribution >= 4 is 5.82 Å². The van der Waals surface area contributed by atoms with E-state index < -0.39 is 0 Å². The van der Waals surface area contributed by atoms with Crippen LogP contribution in [0.2, 0.25) is 0 Å².